The number of fused-ring (bicyclic) bond motifs is 5. The summed E-state index contributed by atoms with van der Waals surface area (Å²) in [5, 5.41) is 3.27. The van der Waals surface area contributed by atoms with E-state index in [9.17, 15) is 4.79 Å². The van der Waals surface area contributed by atoms with Crippen LogP contribution < -0.4 is 20.7 Å². The van der Waals surface area contributed by atoms with Crippen LogP contribution in [0.3, 0.4) is 0 Å². The lowest BCUT2D eigenvalue weighted by Crippen LogP contribution is -2.48. The fourth-order valence-corrected chi connectivity index (χ4v) is 5.18. The van der Waals surface area contributed by atoms with Gasteiger partial charge in [-0.3, -0.25) is 9.69 Å². The van der Waals surface area contributed by atoms with Crippen molar-refractivity contribution in [2.45, 2.75) is 51.1 Å². The summed E-state index contributed by atoms with van der Waals surface area (Å²) in [4.78, 5) is 26.3. The van der Waals surface area contributed by atoms with E-state index >= 15 is 0 Å². The van der Waals surface area contributed by atoms with Crippen LogP contribution in [-0.4, -0.2) is 58.6 Å². The molecule has 9 nitrogen and oxygen atoms in total. The summed E-state index contributed by atoms with van der Waals surface area (Å²) in [6.45, 7) is 4.52. The lowest BCUT2D eigenvalue weighted by Gasteiger charge is -2.25. The third kappa shape index (κ3) is 5.68. The maximum Gasteiger partial charge on any atom is 0.234 e. The van der Waals surface area contributed by atoms with Gasteiger partial charge in [-0.05, 0) is 55.2 Å². The minimum absolute atomic E-state index is 0.00669. The highest BCUT2D eigenvalue weighted by molar-refractivity contribution is 5.78. The number of rotatable bonds is 2. The number of nitrogens with zero attached hydrogens (tertiary/aromatic N) is 4. The lowest BCUT2D eigenvalue weighted by molar-refractivity contribution is -0.124. The summed E-state index contributed by atoms with van der Waals surface area (Å²) in [6.07, 6.45) is 2.03. The Labute approximate surface area is 216 Å². The predicted octanol–water partition coefficient (Wildman–Crippen LogP) is 3.03. The monoisotopic (exact) mass is 500 g/mol. The summed E-state index contributed by atoms with van der Waals surface area (Å²) in [5.41, 5.74) is 8.86. The van der Waals surface area contributed by atoms with Gasteiger partial charge in [-0.2, -0.15) is 4.98 Å². The van der Waals surface area contributed by atoms with Gasteiger partial charge in [0.25, 0.3) is 0 Å². The minimum Gasteiger partial charge on any atom is -0.457 e. The van der Waals surface area contributed by atoms with E-state index in [0.29, 0.717) is 38.8 Å². The summed E-state index contributed by atoms with van der Waals surface area (Å²) in [7, 11) is 0. The zero-order chi connectivity index (χ0) is 25.4. The molecule has 2 aromatic carbocycles. The molecule has 0 spiro atoms. The number of amides is 1. The van der Waals surface area contributed by atoms with Crippen molar-refractivity contribution in [3.05, 3.63) is 71.4 Å². The summed E-state index contributed by atoms with van der Waals surface area (Å²) >= 11 is 0. The number of aromatic nitrogens is 2. The molecule has 3 heterocycles. The fraction of sp³-hybridized carbons (Fsp3) is 0.393. The van der Waals surface area contributed by atoms with Crippen molar-refractivity contribution in [2.75, 3.05) is 30.3 Å². The van der Waals surface area contributed by atoms with Crippen molar-refractivity contribution >= 4 is 17.7 Å². The third-order valence-corrected chi connectivity index (χ3v) is 7.09. The molecule has 3 aromatic rings. The van der Waals surface area contributed by atoms with Crippen molar-refractivity contribution in [3.63, 3.8) is 0 Å². The Bertz CT molecular complexity index is 1280. The molecule has 4 bridgehead atoms. The molecule has 6 rings (SSSR count). The summed E-state index contributed by atoms with van der Waals surface area (Å²) < 4.78 is 12.6. The van der Waals surface area contributed by atoms with Gasteiger partial charge in [-0.15, -0.1) is 0 Å². The molecule has 1 saturated heterocycles. The molecule has 1 saturated carbocycles. The highest BCUT2D eigenvalue weighted by atomic mass is 16.5. The van der Waals surface area contributed by atoms with Crippen molar-refractivity contribution in [1.82, 2.24) is 20.2 Å². The molecule has 192 valence electrons. The number of benzene rings is 2. The first-order valence-corrected chi connectivity index (χ1v) is 12.9. The van der Waals surface area contributed by atoms with Gasteiger partial charge in [-0.1, -0.05) is 24.3 Å². The Morgan fingerprint density at radius 1 is 0.973 bits per heavy atom. The van der Waals surface area contributed by atoms with E-state index in [1.54, 1.807) is 0 Å². The third-order valence-electron chi connectivity index (χ3n) is 7.09. The minimum atomic E-state index is -0.208. The second-order valence-electron chi connectivity index (χ2n) is 10.2. The predicted molar refractivity (Wildman–Crippen MR) is 140 cm³/mol. The molecule has 3 aliphatic rings. The number of hydrogen-bond donors (Lipinski definition) is 2. The summed E-state index contributed by atoms with van der Waals surface area (Å²) in [5.74, 6) is 2.55. The van der Waals surface area contributed by atoms with Gasteiger partial charge in [0.2, 0.25) is 11.9 Å². The van der Waals surface area contributed by atoms with Crippen molar-refractivity contribution in [3.8, 4) is 11.5 Å². The van der Waals surface area contributed by atoms with Crippen LogP contribution in [0.25, 0.3) is 0 Å². The van der Waals surface area contributed by atoms with E-state index in [-0.39, 0.29) is 24.0 Å². The van der Waals surface area contributed by atoms with E-state index in [2.05, 4.69) is 37.2 Å². The molecule has 0 unspecified atom stereocenters. The Balaban J connectivity index is 1.29. The van der Waals surface area contributed by atoms with Gasteiger partial charge in [0.1, 0.15) is 17.3 Å². The van der Waals surface area contributed by atoms with Crippen LogP contribution in [0.2, 0.25) is 0 Å². The van der Waals surface area contributed by atoms with Crippen molar-refractivity contribution in [2.24, 2.45) is 0 Å². The van der Waals surface area contributed by atoms with E-state index in [1.165, 1.54) is 0 Å². The van der Waals surface area contributed by atoms with Crippen LogP contribution in [0.15, 0.2) is 54.6 Å². The molecule has 1 aromatic heterocycles. The van der Waals surface area contributed by atoms with Crippen LogP contribution in [0, 0.1) is 6.92 Å². The molecule has 2 aliphatic heterocycles. The Hall–Kier alpha value is -3.69. The van der Waals surface area contributed by atoms with E-state index in [0.717, 1.165) is 47.0 Å². The molecule has 3 N–H and O–H groups in total. The molecule has 37 heavy (non-hydrogen) atoms. The topological polar surface area (TPSA) is 106 Å². The normalized spacial score (nSPS) is 22.7. The molecular formula is C28H32N6O3. The van der Waals surface area contributed by atoms with Gasteiger partial charge in [0.05, 0.1) is 25.3 Å². The zero-order valence-electron chi connectivity index (χ0n) is 21.0. The molecule has 1 amide bonds. The number of carbonyl (C=O) groups excluding carboxylic acids is 1. The first-order valence-electron chi connectivity index (χ1n) is 12.9. The number of carbonyl (C=O) groups is 1. The molecule has 0 radical (unpaired) electrons. The number of nitrogens with one attached hydrogen (secondary N) is 1. The van der Waals surface area contributed by atoms with Gasteiger partial charge in [0.15, 0.2) is 0 Å². The fourth-order valence-electron chi connectivity index (χ4n) is 5.18. The Kier molecular flexibility index (Phi) is 6.40. The summed E-state index contributed by atoms with van der Waals surface area (Å²) in [6, 6.07) is 18.2. The number of ether oxygens (including phenoxy) is 2. The van der Waals surface area contributed by atoms with Crippen LogP contribution in [-0.2, 0) is 22.7 Å². The standard InChI is InChI=1S/C28H32N6O3/c1-18-10-26(32-28(29)30-18)34-14-24-25(15-34)36-17-20-5-3-7-23(12-20)37-22-6-2-4-19(11-22)13-33(21-8-9-21)16-27(35)31-24/h2-7,10-12,21,24-25H,8-9,13-17H2,1H3,(H,31,35)(H2,29,30,32)/t24-,25-/m0/s1. The van der Waals surface area contributed by atoms with E-state index < -0.39 is 0 Å². The number of hydrogen-bond acceptors (Lipinski definition) is 8. The van der Waals surface area contributed by atoms with Crippen molar-refractivity contribution in [1.29, 1.82) is 0 Å². The van der Waals surface area contributed by atoms with Gasteiger partial charge < -0.3 is 25.4 Å². The number of aryl methyl sites for hydroxylation is 1. The molecule has 2 atom stereocenters. The second-order valence-corrected chi connectivity index (χ2v) is 10.2. The maximum atomic E-state index is 13.3. The van der Waals surface area contributed by atoms with Crippen LogP contribution in [0.5, 0.6) is 11.5 Å². The molecular weight excluding hydrogens is 468 g/mol. The smallest absolute Gasteiger partial charge is 0.234 e. The first-order chi connectivity index (χ1) is 18.0. The highest BCUT2D eigenvalue weighted by Crippen LogP contribution is 2.30. The van der Waals surface area contributed by atoms with Crippen LogP contribution in [0.1, 0.15) is 29.7 Å². The second kappa shape index (κ2) is 9.99. The zero-order valence-corrected chi connectivity index (χ0v) is 21.0. The van der Waals surface area contributed by atoms with Crippen LogP contribution >= 0.6 is 0 Å². The van der Waals surface area contributed by atoms with E-state index in [1.807, 2.05) is 49.4 Å². The molecule has 2 fully saturated rings. The van der Waals surface area contributed by atoms with Crippen molar-refractivity contribution < 1.29 is 14.3 Å². The van der Waals surface area contributed by atoms with Crippen LogP contribution in [0.4, 0.5) is 11.8 Å². The quantitative estimate of drug-likeness (QED) is 0.553. The number of nitrogen functional groups attached to an aromatic ring is 1. The highest BCUT2D eigenvalue weighted by Gasteiger charge is 2.37. The molecule has 9 heteroatoms. The molecule has 1 aliphatic carbocycles. The largest absolute Gasteiger partial charge is 0.457 e. The average Bonchev–Trinajstić information content (AvgIpc) is 3.63. The average molecular weight is 501 g/mol. The van der Waals surface area contributed by atoms with Gasteiger partial charge in [-0.25, -0.2) is 4.98 Å². The SMILES string of the molecule is Cc1cc(N2C[C@@H]3NC(=O)CN(C4CC4)Cc4cccc(c4)Oc4cccc(c4)CO[C@H]3C2)nc(N)n1. The lowest BCUT2D eigenvalue weighted by atomic mass is 10.1. The number of anilines is 2. The van der Waals surface area contributed by atoms with Gasteiger partial charge in [0, 0.05) is 37.4 Å². The van der Waals surface area contributed by atoms with E-state index in [4.69, 9.17) is 15.2 Å². The number of nitrogens with two attached hydrogens (primary N) is 1. The maximum absolute atomic E-state index is 13.3. The Morgan fingerprint density at radius 2 is 1.73 bits per heavy atom. The van der Waals surface area contributed by atoms with Gasteiger partial charge >= 0.3 is 0 Å². The first kappa shape index (κ1) is 23.7. The Morgan fingerprint density at radius 3 is 2.49 bits per heavy atom.